The van der Waals surface area contributed by atoms with E-state index < -0.39 is 11.4 Å². The van der Waals surface area contributed by atoms with Crippen molar-refractivity contribution in [1.29, 1.82) is 0 Å². The summed E-state index contributed by atoms with van der Waals surface area (Å²) in [5.41, 5.74) is 2.19. The highest BCUT2D eigenvalue weighted by atomic mass is 16.7. The fourth-order valence-electron chi connectivity index (χ4n) is 5.07. The van der Waals surface area contributed by atoms with Gasteiger partial charge in [-0.1, -0.05) is 0 Å². The van der Waals surface area contributed by atoms with Crippen molar-refractivity contribution >= 4 is 11.9 Å². The van der Waals surface area contributed by atoms with Crippen LogP contribution in [0, 0.1) is 18.8 Å². The molecule has 1 atom stereocenters. The number of ether oxygens (including phenoxy) is 3. The van der Waals surface area contributed by atoms with Crippen molar-refractivity contribution in [2.75, 3.05) is 6.54 Å². The Morgan fingerprint density at radius 3 is 2.60 bits per heavy atom. The summed E-state index contributed by atoms with van der Waals surface area (Å²) in [7, 11) is 0. The lowest BCUT2D eigenvalue weighted by Gasteiger charge is -2.37. The lowest BCUT2D eigenvalue weighted by molar-refractivity contribution is -0.157. The second kappa shape index (κ2) is 7.47. The maximum absolute atomic E-state index is 12.3. The first-order valence-electron chi connectivity index (χ1n) is 11.1. The summed E-state index contributed by atoms with van der Waals surface area (Å²) in [6.07, 6.45) is 5.09. The molecular weight excluding hydrogens is 382 g/mol. The predicted octanol–water partition coefficient (Wildman–Crippen LogP) is 4.31. The third kappa shape index (κ3) is 4.01. The van der Waals surface area contributed by atoms with E-state index >= 15 is 0 Å². The molecule has 1 saturated carbocycles. The van der Waals surface area contributed by atoms with Gasteiger partial charge in [-0.05, 0) is 77.3 Å². The Labute approximate surface area is 178 Å². The van der Waals surface area contributed by atoms with Crippen molar-refractivity contribution in [2.45, 2.75) is 84.5 Å². The quantitative estimate of drug-likeness (QED) is 0.745. The fourth-order valence-corrected chi connectivity index (χ4v) is 5.07. The largest absolute Gasteiger partial charge is 0.460 e. The van der Waals surface area contributed by atoms with E-state index in [0.717, 1.165) is 54.5 Å². The summed E-state index contributed by atoms with van der Waals surface area (Å²) >= 11 is 0. The molecule has 0 aromatic heterocycles. The van der Waals surface area contributed by atoms with Crippen molar-refractivity contribution in [2.24, 2.45) is 11.8 Å². The second-order valence-electron chi connectivity index (χ2n) is 10.1. The van der Waals surface area contributed by atoms with Gasteiger partial charge in [0.1, 0.15) is 5.60 Å². The van der Waals surface area contributed by atoms with Gasteiger partial charge in [-0.25, -0.2) is 0 Å². The molecular formula is C24H33NO5. The molecule has 0 bridgehead atoms. The molecule has 164 valence electrons. The molecule has 1 N–H and O–H groups in total. The molecule has 1 aromatic rings. The SMILES string of the molecule is Cc1c2c(cc3c1C(=O)NCC3)OC(C)(C1CCC(CC(=O)OC(C)(C)C)CC1)O2. The van der Waals surface area contributed by atoms with Crippen LogP contribution in [0.15, 0.2) is 6.07 Å². The summed E-state index contributed by atoms with van der Waals surface area (Å²) in [6.45, 7) is 10.3. The van der Waals surface area contributed by atoms with Gasteiger partial charge in [-0.15, -0.1) is 0 Å². The molecule has 0 spiro atoms. The van der Waals surface area contributed by atoms with E-state index in [1.165, 1.54) is 0 Å². The average Bonchev–Trinajstić information content (AvgIpc) is 2.98. The Balaban J connectivity index is 1.41. The van der Waals surface area contributed by atoms with Crippen molar-refractivity contribution in [3.05, 3.63) is 22.8 Å². The Bertz CT molecular complexity index is 863. The van der Waals surface area contributed by atoms with Crippen LogP contribution in [0.3, 0.4) is 0 Å². The van der Waals surface area contributed by atoms with E-state index in [1.807, 2.05) is 40.7 Å². The van der Waals surface area contributed by atoms with Gasteiger partial charge < -0.3 is 19.5 Å². The first-order valence-corrected chi connectivity index (χ1v) is 11.1. The van der Waals surface area contributed by atoms with Gasteiger partial charge in [-0.3, -0.25) is 9.59 Å². The summed E-state index contributed by atoms with van der Waals surface area (Å²) in [5, 5.41) is 2.92. The molecule has 1 aliphatic carbocycles. The Hall–Kier alpha value is -2.24. The maximum Gasteiger partial charge on any atom is 0.306 e. The van der Waals surface area contributed by atoms with Crippen LogP contribution in [0.4, 0.5) is 0 Å². The lowest BCUT2D eigenvalue weighted by Crippen LogP contribution is -2.45. The molecule has 4 rings (SSSR count). The summed E-state index contributed by atoms with van der Waals surface area (Å²) in [4.78, 5) is 24.5. The third-order valence-corrected chi connectivity index (χ3v) is 6.55. The zero-order valence-corrected chi connectivity index (χ0v) is 18.7. The van der Waals surface area contributed by atoms with E-state index in [0.29, 0.717) is 24.6 Å². The van der Waals surface area contributed by atoms with Crippen LogP contribution >= 0.6 is 0 Å². The number of hydrogen-bond donors (Lipinski definition) is 1. The van der Waals surface area contributed by atoms with Crippen LogP contribution in [0.2, 0.25) is 0 Å². The Morgan fingerprint density at radius 1 is 1.23 bits per heavy atom. The monoisotopic (exact) mass is 415 g/mol. The number of esters is 1. The summed E-state index contributed by atoms with van der Waals surface area (Å²) in [6, 6.07) is 1.98. The van der Waals surface area contributed by atoms with Gasteiger partial charge in [-0.2, -0.15) is 0 Å². The first-order chi connectivity index (χ1) is 14.1. The van der Waals surface area contributed by atoms with Gasteiger partial charge in [0.05, 0.1) is 0 Å². The van der Waals surface area contributed by atoms with Gasteiger partial charge in [0.25, 0.3) is 11.7 Å². The molecule has 2 heterocycles. The van der Waals surface area contributed by atoms with Crippen molar-refractivity contribution in [3.63, 3.8) is 0 Å². The Kier molecular flexibility index (Phi) is 5.23. The third-order valence-electron chi connectivity index (χ3n) is 6.55. The van der Waals surface area contributed by atoms with Gasteiger partial charge >= 0.3 is 5.97 Å². The Morgan fingerprint density at radius 2 is 1.93 bits per heavy atom. The van der Waals surface area contributed by atoms with E-state index in [-0.39, 0.29) is 17.8 Å². The number of nitrogens with one attached hydrogen (secondary N) is 1. The van der Waals surface area contributed by atoms with E-state index in [4.69, 9.17) is 14.2 Å². The topological polar surface area (TPSA) is 73.9 Å². The van der Waals surface area contributed by atoms with E-state index in [1.54, 1.807) is 0 Å². The molecule has 3 aliphatic rings. The molecule has 1 fully saturated rings. The smallest absolute Gasteiger partial charge is 0.306 e. The highest BCUT2D eigenvalue weighted by Gasteiger charge is 2.47. The number of amides is 1. The minimum Gasteiger partial charge on any atom is -0.460 e. The molecule has 6 heteroatoms. The van der Waals surface area contributed by atoms with Gasteiger partial charge in [0.15, 0.2) is 11.5 Å². The molecule has 1 aromatic carbocycles. The van der Waals surface area contributed by atoms with Crippen LogP contribution in [-0.2, 0) is 16.0 Å². The van der Waals surface area contributed by atoms with E-state index in [2.05, 4.69) is 5.32 Å². The zero-order valence-electron chi connectivity index (χ0n) is 18.7. The number of carbonyl (C=O) groups is 2. The first kappa shape index (κ1) is 21.0. The van der Waals surface area contributed by atoms with Crippen molar-refractivity contribution < 1.29 is 23.8 Å². The highest BCUT2D eigenvalue weighted by Crippen LogP contribution is 2.50. The molecule has 0 radical (unpaired) electrons. The molecule has 1 amide bonds. The number of hydrogen-bond acceptors (Lipinski definition) is 5. The number of benzene rings is 1. The number of rotatable bonds is 3. The van der Waals surface area contributed by atoms with Crippen molar-refractivity contribution in [3.8, 4) is 11.5 Å². The number of carbonyl (C=O) groups excluding carboxylic acids is 2. The lowest BCUT2D eigenvalue weighted by atomic mass is 9.77. The normalized spacial score (nSPS) is 28.0. The van der Waals surface area contributed by atoms with Crippen LogP contribution in [-0.4, -0.2) is 29.8 Å². The fraction of sp³-hybridized carbons (Fsp3) is 0.667. The predicted molar refractivity (Wildman–Crippen MR) is 113 cm³/mol. The van der Waals surface area contributed by atoms with Crippen LogP contribution < -0.4 is 14.8 Å². The van der Waals surface area contributed by atoms with E-state index in [9.17, 15) is 9.59 Å². The summed E-state index contributed by atoms with van der Waals surface area (Å²) < 4.78 is 18.2. The molecule has 6 nitrogen and oxygen atoms in total. The van der Waals surface area contributed by atoms with Crippen molar-refractivity contribution in [1.82, 2.24) is 5.32 Å². The molecule has 0 saturated heterocycles. The summed E-state index contributed by atoms with van der Waals surface area (Å²) in [5.74, 6) is 1.16. The minimum absolute atomic E-state index is 0.0311. The number of fused-ring (bicyclic) bond motifs is 2. The second-order valence-corrected chi connectivity index (χ2v) is 10.1. The standard InChI is InChI=1S/C24H33NO5/c1-14-20-16(10-11-25-22(20)27)13-18-21(14)30-24(5,28-18)17-8-6-15(7-9-17)12-19(26)29-23(2,3)4/h13,15,17H,6-12H2,1-5H3,(H,25,27). The van der Waals surface area contributed by atoms with Crippen LogP contribution in [0.25, 0.3) is 0 Å². The highest BCUT2D eigenvalue weighted by molar-refractivity contribution is 5.99. The average molecular weight is 416 g/mol. The minimum atomic E-state index is -0.732. The van der Waals surface area contributed by atoms with Crippen LogP contribution in [0.1, 0.15) is 81.3 Å². The molecule has 2 aliphatic heterocycles. The zero-order chi connectivity index (χ0) is 21.7. The molecule has 1 unspecified atom stereocenters. The molecule has 30 heavy (non-hydrogen) atoms. The van der Waals surface area contributed by atoms with Gasteiger partial charge in [0.2, 0.25) is 0 Å². The van der Waals surface area contributed by atoms with Crippen LogP contribution in [0.5, 0.6) is 11.5 Å². The maximum atomic E-state index is 12.3. The van der Waals surface area contributed by atoms with Gasteiger partial charge in [0, 0.05) is 36.9 Å².